The molecule has 0 fully saturated rings. The van der Waals surface area contributed by atoms with Crippen molar-refractivity contribution < 1.29 is 23.5 Å². The first-order valence-corrected chi connectivity index (χ1v) is 5.79. The Balaban J connectivity index is 2.32. The van der Waals surface area contributed by atoms with Crippen molar-refractivity contribution in [2.24, 2.45) is 0 Å². The van der Waals surface area contributed by atoms with Crippen LogP contribution >= 0.6 is 0 Å². The van der Waals surface area contributed by atoms with Crippen LogP contribution in [0.4, 0.5) is 4.39 Å². The molecule has 1 rings (SSSR count). The van der Waals surface area contributed by atoms with Gasteiger partial charge in [0.1, 0.15) is 6.04 Å². The summed E-state index contributed by atoms with van der Waals surface area (Å²) < 4.78 is 22.8. The highest BCUT2D eigenvalue weighted by Gasteiger charge is 2.15. The highest BCUT2D eigenvalue weighted by atomic mass is 19.1. The number of halogens is 1. The van der Waals surface area contributed by atoms with Gasteiger partial charge >= 0.3 is 5.97 Å². The van der Waals surface area contributed by atoms with E-state index < -0.39 is 17.8 Å². The molecule has 0 aromatic heterocycles. The topological polar surface area (TPSA) is 64.6 Å². The first-order valence-electron chi connectivity index (χ1n) is 5.79. The summed E-state index contributed by atoms with van der Waals surface area (Å²) in [5, 5.41) is 2.44. The zero-order valence-corrected chi connectivity index (χ0v) is 10.8. The maximum atomic E-state index is 13.2. The van der Waals surface area contributed by atoms with Crippen LogP contribution in [0.25, 0.3) is 0 Å². The van der Waals surface area contributed by atoms with Crippen LogP contribution in [0.3, 0.4) is 0 Å². The smallest absolute Gasteiger partial charge is 0.328 e. The van der Waals surface area contributed by atoms with Crippen LogP contribution in [0.15, 0.2) is 24.3 Å². The molecule has 5 nitrogen and oxygen atoms in total. The van der Waals surface area contributed by atoms with Crippen molar-refractivity contribution in [2.45, 2.75) is 19.4 Å². The standard InChI is InChI=1S/C13H16FNO4/c1-9(13(17)18-2)15-12(16)7-8-19-11-6-4-3-5-10(11)14/h3-6,9H,7-8H2,1-2H3,(H,15,16). The minimum Gasteiger partial charge on any atom is -0.490 e. The molecule has 19 heavy (non-hydrogen) atoms. The SMILES string of the molecule is COC(=O)C(C)NC(=O)CCOc1ccccc1F. The van der Waals surface area contributed by atoms with Gasteiger partial charge < -0.3 is 14.8 Å². The van der Waals surface area contributed by atoms with E-state index >= 15 is 0 Å². The van der Waals surface area contributed by atoms with E-state index in [-0.39, 0.29) is 24.7 Å². The van der Waals surface area contributed by atoms with Gasteiger partial charge in [-0.05, 0) is 19.1 Å². The molecule has 0 saturated carbocycles. The molecule has 6 heteroatoms. The van der Waals surface area contributed by atoms with Crippen LogP contribution in [0.5, 0.6) is 5.75 Å². The van der Waals surface area contributed by atoms with Gasteiger partial charge in [0, 0.05) is 0 Å². The number of carbonyl (C=O) groups is 2. The zero-order valence-electron chi connectivity index (χ0n) is 10.8. The Bertz CT molecular complexity index is 450. The van der Waals surface area contributed by atoms with E-state index in [0.717, 1.165) is 0 Å². The monoisotopic (exact) mass is 269 g/mol. The van der Waals surface area contributed by atoms with Crippen LogP contribution in [0, 0.1) is 5.82 Å². The summed E-state index contributed by atoms with van der Waals surface area (Å²) in [4.78, 5) is 22.5. The first kappa shape index (κ1) is 14.9. The number of hydrogen-bond donors (Lipinski definition) is 1. The van der Waals surface area contributed by atoms with Crippen LogP contribution in [-0.2, 0) is 14.3 Å². The van der Waals surface area contributed by atoms with E-state index in [0.29, 0.717) is 0 Å². The van der Waals surface area contributed by atoms with Crippen LogP contribution in [0.2, 0.25) is 0 Å². The van der Waals surface area contributed by atoms with E-state index in [4.69, 9.17) is 4.74 Å². The molecule has 1 aromatic rings. The number of nitrogens with one attached hydrogen (secondary N) is 1. The molecule has 1 atom stereocenters. The fourth-order valence-electron chi connectivity index (χ4n) is 1.36. The molecule has 104 valence electrons. The Morgan fingerprint density at radius 3 is 2.68 bits per heavy atom. The number of para-hydroxylation sites is 1. The lowest BCUT2D eigenvalue weighted by atomic mass is 10.3. The molecule has 0 aliphatic rings. The van der Waals surface area contributed by atoms with E-state index in [9.17, 15) is 14.0 Å². The molecular formula is C13H16FNO4. The molecule has 1 N–H and O–H groups in total. The summed E-state index contributed by atoms with van der Waals surface area (Å²) in [6, 6.07) is 5.22. The number of methoxy groups -OCH3 is 1. The summed E-state index contributed by atoms with van der Waals surface area (Å²) in [6.07, 6.45) is 0.0235. The van der Waals surface area contributed by atoms with E-state index in [1.54, 1.807) is 12.1 Å². The molecule has 0 heterocycles. The van der Waals surface area contributed by atoms with Crippen LogP contribution < -0.4 is 10.1 Å². The second-order valence-electron chi connectivity index (χ2n) is 3.84. The summed E-state index contributed by atoms with van der Waals surface area (Å²) in [6.45, 7) is 1.54. The van der Waals surface area contributed by atoms with Crippen molar-refractivity contribution in [3.63, 3.8) is 0 Å². The Morgan fingerprint density at radius 2 is 2.05 bits per heavy atom. The lowest BCUT2D eigenvalue weighted by molar-refractivity contribution is -0.144. The maximum Gasteiger partial charge on any atom is 0.328 e. The molecule has 0 bridgehead atoms. The fraction of sp³-hybridized carbons (Fsp3) is 0.385. The lowest BCUT2D eigenvalue weighted by Gasteiger charge is -2.12. The van der Waals surface area contributed by atoms with Crippen molar-refractivity contribution in [3.8, 4) is 5.75 Å². The molecule has 0 aliphatic heterocycles. The zero-order chi connectivity index (χ0) is 14.3. The molecule has 1 aromatic carbocycles. The normalized spacial score (nSPS) is 11.5. The van der Waals surface area contributed by atoms with Gasteiger partial charge in [0.05, 0.1) is 20.1 Å². The first-order chi connectivity index (χ1) is 9.04. The number of ether oxygens (including phenoxy) is 2. The third kappa shape index (κ3) is 4.95. The van der Waals surface area contributed by atoms with Gasteiger partial charge in [0.25, 0.3) is 0 Å². The predicted molar refractivity (Wildman–Crippen MR) is 66.1 cm³/mol. The van der Waals surface area contributed by atoms with Gasteiger partial charge in [0.2, 0.25) is 5.91 Å². The molecule has 0 spiro atoms. The number of rotatable bonds is 6. The van der Waals surface area contributed by atoms with Gasteiger partial charge in [0.15, 0.2) is 11.6 Å². The number of benzene rings is 1. The fourth-order valence-corrected chi connectivity index (χ4v) is 1.36. The van der Waals surface area contributed by atoms with Crippen LogP contribution in [-0.4, -0.2) is 31.6 Å². The average molecular weight is 269 g/mol. The predicted octanol–water partition coefficient (Wildman–Crippen LogP) is 1.27. The Hall–Kier alpha value is -2.11. The van der Waals surface area contributed by atoms with Gasteiger partial charge in [-0.3, -0.25) is 4.79 Å². The second-order valence-corrected chi connectivity index (χ2v) is 3.84. The highest BCUT2D eigenvalue weighted by molar-refractivity contribution is 5.84. The van der Waals surface area contributed by atoms with Gasteiger partial charge in [-0.2, -0.15) is 0 Å². The minimum atomic E-state index is -0.717. The summed E-state index contributed by atoms with van der Waals surface area (Å²) >= 11 is 0. The van der Waals surface area contributed by atoms with Gasteiger partial charge in [-0.15, -0.1) is 0 Å². The van der Waals surface area contributed by atoms with E-state index in [2.05, 4.69) is 10.1 Å². The number of carbonyl (C=O) groups excluding carboxylic acids is 2. The van der Waals surface area contributed by atoms with Crippen molar-refractivity contribution >= 4 is 11.9 Å². The molecule has 0 aliphatic carbocycles. The Kier molecular flexibility index (Phi) is 5.78. The Morgan fingerprint density at radius 1 is 1.37 bits per heavy atom. The number of amides is 1. The van der Waals surface area contributed by atoms with Crippen molar-refractivity contribution in [3.05, 3.63) is 30.1 Å². The average Bonchev–Trinajstić information content (AvgIpc) is 2.40. The minimum absolute atomic E-state index is 0.0235. The van der Waals surface area contributed by atoms with E-state index in [1.165, 1.54) is 26.2 Å². The summed E-state index contributed by atoms with van der Waals surface area (Å²) in [7, 11) is 1.24. The summed E-state index contributed by atoms with van der Waals surface area (Å²) in [5.41, 5.74) is 0. The van der Waals surface area contributed by atoms with Crippen molar-refractivity contribution in [2.75, 3.05) is 13.7 Å². The number of esters is 1. The van der Waals surface area contributed by atoms with Gasteiger partial charge in [-0.1, -0.05) is 12.1 Å². The summed E-state index contributed by atoms with van der Waals surface area (Å²) in [5.74, 6) is -1.28. The van der Waals surface area contributed by atoms with Gasteiger partial charge in [-0.25, -0.2) is 9.18 Å². The highest BCUT2D eigenvalue weighted by Crippen LogP contribution is 2.15. The second kappa shape index (κ2) is 7.35. The van der Waals surface area contributed by atoms with Crippen molar-refractivity contribution in [1.82, 2.24) is 5.32 Å². The maximum absolute atomic E-state index is 13.2. The quantitative estimate of drug-likeness (QED) is 0.790. The lowest BCUT2D eigenvalue weighted by Crippen LogP contribution is -2.39. The number of hydrogen-bond acceptors (Lipinski definition) is 4. The largest absolute Gasteiger partial charge is 0.490 e. The third-order valence-corrected chi connectivity index (χ3v) is 2.36. The molecule has 0 radical (unpaired) electrons. The Labute approximate surface area is 110 Å². The van der Waals surface area contributed by atoms with Crippen LogP contribution in [0.1, 0.15) is 13.3 Å². The van der Waals surface area contributed by atoms with E-state index in [1.807, 2.05) is 0 Å². The third-order valence-electron chi connectivity index (χ3n) is 2.36. The molecule has 1 unspecified atom stereocenters. The molecule has 0 saturated heterocycles. The van der Waals surface area contributed by atoms with Crippen molar-refractivity contribution in [1.29, 1.82) is 0 Å². The molecule has 1 amide bonds. The molecular weight excluding hydrogens is 253 g/mol.